The zero-order chi connectivity index (χ0) is 15.0. The van der Waals surface area contributed by atoms with Gasteiger partial charge in [0.2, 0.25) is 5.95 Å². The second-order valence-electron chi connectivity index (χ2n) is 6.18. The summed E-state index contributed by atoms with van der Waals surface area (Å²) >= 11 is 0. The molecule has 3 heterocycles. The highest BCUT2D eigenvalue weighted by molar-refractivity contribution is 5.74. The van der Waals surface area contributed by atoms with E-state index in [1.165, 1.54) is 0 Å². The van der Waals surface area contributed by atoms with Crippen LogP contribution in [0, 0.1) is 0 Å². The van der Waals surface area contributed by atoms with Gasteiger partial charge in [-0.2, -0.15) is 10.1 Å². The van der Waals surface area contributed by atoms with Gasteiger partial charge in [-0.05, 0) is 20.8 Å². The summed E-state index contributed by atoms with van der Waals surface area (Å²) in [7, 11) is 0. The normalized spacial score (nSPS) is 20.2. The Bertz CT molecular complexity index is 634. The molecule has 0 bridgehead atoms. The van der Waals surface area contributed by atoms with Crippen molar-refractivity contribution in [3.05, 3.63) is 12.4 Å². The summed E-state index contributed by atoms with van der Waals surface area (Å²) in [4.78, 5) is 11.2. The van der Waals surface area contributed by atoms with Crippen molar-refractivity contribution in [3.63, 3.8) is 0 Å². The summed E-state index contributed by atoms with van der Waals surface area (Å²) in [6, 6.07) is 0.252. The van der Waals surface area contributed by atoms with Crippen LogP contribution in [0.5, 0.6) is 0 Å². The van der Waals surface area contributed by atoms with Crippen molar-refractivity contribution in [1.29, 1.82) is 0 Å². The van der Waals surface area contributed by atoms with Gasteiger partial charge in [0.05, 0.1) is 43.0 Å². The van der Waals surface area contributed by atoms with Gasteiger partial charge in [-0.25, -0.2) is 9.67 Å². The molecule has 0 aromatic carbocycles. The number of aromatic nitrogens is 4. The zero-order valence-electron chi connectivity index (χ0n) is 12.7. The lowest BCUT2D eigenvalue weighted by atomic mass is 10.1. The van der Waals surface area contributed by atoms with Gasteiger partial charge in [0.1, 0.15) is 0 Å². The van der Waals surface area contributed by atoms with Crippen LogP contribution in [0.2, 0.25) is 0 Å². The monoisotopic (exact) mass is 291 g/mol. The standard InChI is InChI=1S/C14H21N5O2/c1-10-8-21-5-4-18(10)13-15-6-11-7-16-19(12(11)17-13)9-14(2,3)20/h6-7,10,20H,4-5,8-9H2,1-3H3/t10-/m0/s1. The van der Waals surface area contributed by atoms with Gasteiger partial charge < -0.3 is 14.7 Å². The van der Waals surface area contributed by atoms with E-state index in [0.717, 1.165) is 17.6 Å². The summed E-state index contributed by atoms with van der Waals surface area (Å²) in [6.45, 7) is 8.16. The molecule has 21 heavy (non-hydrogen) atoms. The topological polar surface area (TPSA) is 76.3 Å². The lowest BCUT2D eigenvalue weighted by Crippen LogP contribution is -2.44. The lowest BCUT2D eigenvalue weighted by molar-refractivity contribution is 0.0589. The number of nitrogens with zero attached hydrogens (tertiary/aromatic N) is 5. The van der Waals surface area contributed by atoms with Crippen LogP contribution >= 0.6 is 0 Å². The van der Waals surface area contributed by atoms with Crippen LogP contribution in [0.25, 0.3) is 11.0 Å². The van der Waals surface area contributed by atoms with Crippen LogP contribution in [-0.2, 0) is 11.3 Å². The Kier molecular flexibility index (Phi) is 3.54. The first-order chi connectivity index (χ1) is 9.94. The van der Waals surface area contributed by atoms with Crippen LogP contribution < -0.4 is 4.90 Å². The van der Waals surface area contributed by atoms with E-state index in [-0.39, 0.29) is 6.04 Å². The highest BCUT2D eigenvalue weighted by Gasteiger charge is 2.23. The van der Waals surface area contributed by atoms with Gasteiger partial charge in [0.25, 0.3) is 0 Å². The average Bonchev–Trinajstić information content (AvgIpc) is 2.80. The molecule has 0 aliphatic carbocycles. The molecule has 0 saturated carbocycles. The summed E-state index contributed by atoms with van der Waals surface area (Å²) in [5, 5.41) is 15.2. The maximum absolute atomic E-state index is 9.98. The summed E-state index contributed by atoms with van der Waals surface area (Å²) < 4.78 is 7.18. The van der Waals surface area contributed by atoms with Crippen molar-refractivity contribution in [3.8, 4) is 0 Å². The number of morpholine rings is 1. The van der Waals surface area contributed by atoms with Gasteiger partial charge >= 0.3 is 0 Å². The van der Waals surface area contributed by atoms with Crippen LogP contribution in [0.1, 0.15) is 20.8 Å². The number of fused-ring (bicyclic) bond motifs is 1. The van der Waals surface area contributed by atoms with Gasteiger partial charge in [0.15, 0.2) is 5.65 Å². The number of ether oxygens (including phenoxy) is 1. The SMILES string of the molecule is C[C@H]1COCCN1c1ncc2cnn(CC(C)(C)O)c2n1. The summed E-state index contributed by atoms with van der Waals surface area (Å²) in [5.74, 6) is 0.691. The van der Waals surface area contributed by atoms with Crippen LogP contribution in [0.15, 0.2) is 12.4 Å². The van der Waals surface area contributed by atoms with Crippen LogP contribution in [0.3, 0.4) is 0 Å². The highest BCUT2D eigenvalue weighted by Crippen LogP contribution is 2.19. The van der Waals surface area contributed by atoms with Crippen LogP contribution in [0.4, 0.5) is 5.95 Å². The Morgan fingerprint density at radius 2 is 2.24 bits per heavy atom. The molecule has 1 fully saturated rings. The molecule has 0 radical (unpaired) electrons. The third-order valence-electron chi connectivity index (χ3n) is 3.53. The Morgan fingerprint density at radius 3 is 2.95 bits per heavy atom. The number of anilines is 1. The third kappa shape index (κ3) is 2.98. The quantitative estimate of drug-likeness (QED) is 0.902. The number of hydrogen-bond acceptors (Lipinski definition) is 6. The molecule has 7 nitrogen and oxygen atoms in total. The van der Waals surface area contributed by atoms with E-state index >= 15 is 0 Å². The number of hydrogen-bond donors (Lipinski definition) is 1. The summed E-state index contributed by atoms with van der Waals surface area (Å²) in [6.07, 6.45) is 3.52. The molecule has 0 amide bonds. The van der Waals surface area contributed by atoms with Gasteiger partial charge in [-0.1, -0.05) is 0 Å². The Hall–Kier alpha value is -1.73. The highest BCUT2D eigenvalue weighted by atomic mass is 16.5. The Balaban J connectivity index is 1.96. The minimum Gasteiger partial charge on any atom is -0.389 e. The van der Waals surface area contributed by atoms with Crippen molar-refractivity contribution in [2.45, 2.75) is 39.0 Å². The van der Waals surface area contributed by atoms with E-state index in [0.29, 0.717) is 25.7 Å². The molecule has 2 aromatic heterocycles. The minimum absolute atomic E-state index is 0.252. The summed E-state index contributed by atoms with van der Waals surface area (Å²) in [5.41, 5.74) is -0.0862. The maximum Gasteiger partial charge on any atom is 0.227 e. The predicted octanol–water partition coefficient (Wildman–Crippen LogP) is 0.822. The third-order valence-corrected chi connectivity index (χ3v) is 3.53. The minimum atomic E-state index is -0.837. The fraction of sp³-hybridized carbons (Fsp3) is 0.643. The molecule has 1 aliphatic heterocycles. The van der Waals surface area contributed by atoms with E-state index in [2.05, 4.69) is 26.9 Å². The molecular weight excluding hydrogens is 270 g/mol. The second-order valence-corrected chi connectivity index (χ2v) is 6.18. The number of aliphatic hydroxyl groups is 1. The first-order valence-corrected chi connectivity index (χ1v) is 7.19. The predicted molar refractivity (Wildman–Crippen MR) is 79.2 cm³/mol. The van der Waals surface area contributed by atoms with Crippen molar-refractivity contribution in [1.82, 2.24) is 19.7 Å². The van der Waals surface area contributed by atoms with Crippen molar-refractivity contribution in [2.75, 3.05) is 24.7 Å². The number of rotatable bonds is 3. The Morgan fingerprint density at radius 1 is 1.43 bits per heavy atom. The Labute approximate surface area is 123 Å². The second kappa shape index (κ2) is 5.23. The lowest BCUT2D eigenvalue weighted by Gasteiger charge is -2.33. The smallest absolute Gasteiger partial charge is 0.227 e. The maximum atomic E-state index is 9.98. The molecule has 1 N–H and O–H groups in total. The first kappa shape index (κ1) is 14.2. The molecule has 1 saturated heterocycles. The zero-order valence-corrected chi connectivity index (χ0v) is 12.7. The van der Waals surface area contributed by atoms with Gasteiger partial charge in [-0.3, -0.25) is 0 Å². The molecule has 114 valence electrons. The van der Waals surface area contributed by atoms with Gasteiger partial charge in [0, 0.05) is 12.7 Å². The molecule has 1 aliphatic rings. The molecular formula is C14H21N5O2. The largest absolute Gasteiger partial charge is 0.389 e. The molecule has 1 atom stereocenters. The fourth-order valence-electron chi connectivity index (χ4n) is 2.50. The van der Waals surface area contributed by atoms with E-state index < -0.39 is 5.60 Å². The van der Waals surface area contributed by atoms with Crippen molar-refractivity contribution >= 4 is 17.0 Å². The van der Waals surface area contributed by atoms with Crippen molar-refractivity contribution in [2.24, 2.45) is 0 Å². The molecule has 0 unspecified atom stereocenters. The average molecular weight is 291 g/mol. The van der Waals surface area contributed by atoms with E-state index in [1.54, 1.807) is 30.9 Å². The first-order valence-electron chi connectivity index (χ1n) is 7.19. The fourth-order valence-corrected chi connectivity index (χ4v) is 2.50. The molecule has 3 rings (SSSR count). The van der Waals surface area contributed by atoms with Gasteiger partial charge in [-0.15, -0.1) is 0 Å². The molecule has 7 heteroatoms. The molecule has 0 spiro atoms. The van der Waals surface area contributed by atoms with Crippen molar-refractivity contribution < 1.29 is 9.84 Å². The van der Waals surface area contributed by atoms with E-state index in [1.807, 2.05) is 0 Å². The van der Waals surface area contributed by atoms with E-state index in [4.69, 9.17) is 4.74 Å². The molecule has 2 aromatic rings. The van der Waals surface area contributed by atoms with E-state index in [9.17, 15) is 5.11 Å². The van der Waals surface area contributed by atoms with Crippen LogP contribution in [-0.4, -0.2) is 56.3 Å².